The smallest absolute Gasteiger partial charge is 0.0466 e. The molecule has 0 radical (unpaired) electrons. The Morgan fingerprint density at radius 3 is 2.07 bits per heavy atom. The molecule has 0 spiro atoms. The molecule has 0 aromatic carbocycles. The van der Waals surface area contributed by atoms with Crippen molar-refractivity contribution in [3.05, 3.63) is 0 Å². The zero-order valence-corrected chi connectivity index (χ0v) is 11.1. The Bertz CT molecular complexity index is 129. The third-order valence-corrected chi connectivity index (χ3v) is 2.26. The molecule has 0 aromatic heterocycles. The van der Waals surface area contributed by atoms with Gasteiger partial charge in [0.25, 0.3) is 0 Å². The molecule has 0 amide bonds. The van der Waals surface area contributed by atoms with E-state index in [1.807, 2.05) is 0 Å². The molecule has 0 saturated carbocycles. The monoisotopic (exact) mass is 215 g/mol. The molecule has 0 aliphatic rings. The number of hydrogen-bond acceptors (Lipinski definition) is 2. The molecule has 1 N–H and O–H groups in total. The van der Waals surface area contributed by atoms with E-state index in [-0.39, 0.29) is 5.54 Å². The highest BCUT2D eigenvalue weighted by atomic mass is 16.5. The topological polar surface area (TPSA) is 21.3 Å². The highest BCUT2D eigenvalue weighted by molar-refractivity contribution is 4.69. The standard InChI is InChI=1S/C13H29NO/c1-5-6-8-11-15-12-9-7-10-14-13(2,3)4/h14H,5-12H2,1-4H3. The number of unbranched alkanes of at least 4 members (excludes halogenated alkanes) is 3. The molecule has 0 heterocycles. The van der Waals surface area contributed by atoms with Gasteiger partial charge >= 0.3 is 0 Å². The molecular weight excluding hydrogens is 186 g/mol. The van der Waals surface area contributed by atoms with Gasteiger partial charge in [0.05, 0.1) is 0 Å². The predicted octanol–water partition coefficient (Wildman–Crippen LogP) is 3.36. The van der Waals surface area contributed by atoms with Crippen LogP contribution in [0.4, 0.5) is 0 Å². The summed E-state index contributed by atoms with van der Waals surface area (Å²) in [5.41, 5.74) is 0.252. The van der Waals surface area contributed by atoms with Gasteiger partial charge in [-0.2, -0.15) is 0 Å². The van der Waals surface area contributed by atoms with Gasteiger partial charge in [-0.25, -0.2) is 0 Å². The number of ether oxygens (including phenoxy) is 1. The first-order chi connectivity index (χ1) is 7.06. The van der Waals surface area contributed by atoms with Gasteiger partial charge in [0.1, 0.15) is 0 Å². The summed E-state index contributed by atoms with van der Waals surface area (Å²) in [6, 6.07) is 0. The summed E-state index contributed by atoms with van der Waals surface area (Å²) in [6.45, 7) is 11.8. The molecule has 2 heteroatoms. The maximum absolute atomic E-state index is 5.54. The zero-order valence-electron chi connectivity index (χ0n) is 11.1. The summed E-state index contributed by atoms with van der Waals surface area (Å²) < 4.78 is 5.54. The van der Waals surface area contributed by atoms with Crippen LogP contribution in [0.15, 0.2) is 0 Å². The molecule has 0 aromatic rings. The third kappa shape index (κ3) is 13.9. The summed E-state index contributed by atoms with van der Waals surface area (Å²) in [5, 5.41) is 3.48. The lowest BCUT2D eigenvalue weighted by Gasteiger charge is -2.20. The van der Waals surface area contributed by atoms with Gasteiger partial charge in [-0.05, 0) is 46.6 Å². The molecule has 0 fully saturated rings. The summed E-state index contributed by atoms with van der Waals surface area (Å²) >= 11 is 0. The second kappa shape index (κ2) is 9.17. The van der Waals surface area contributed by atoms with E-state index in [1.165, 1.54) is 32.1 Å². The van der Waals surface area contributed by atoms with Crippen LogP contribution in [0.1, 0.15) is 59.8 Å². The van der Waals surface area contributed by atoms with Crippen LogP contribution >= 0.6 is 0 Å². The summed E-state index contributed by atoms with van der Waals surface area (Å²) in [5.74, 6) is 0. The van der Waals surface area contributed by atoms with Crippen LogP contribution in [0.3, 0.4) is 0 Å². The van der Waals surface area contributed by atoms with Gasteiger partial charge in [-0.1, -0.05) is 19.8 Å². The second-order valence-electron chi connectivity index (χ2n) is 5.20. The van der Waals surface area contributed by atoms with Crippen LogP contribution in [0, 0.1) is 0 Å². The third-order valence-electron chi connectivity index (χ3n) is 2.26. The summed E-state index contributed by atoms with van der Waals surface area (Å²) in [4.78, 5) is 0. The predicted molar refractivity (Wildman–Crippen MR) is 67.3 cm³/mol. The molecule has 2 nitrogen and oxygen atoms in total. The van der Waals surface area contributed by atoms with Gasteiger partial charge in [0.15, 0.2) is 0 Å². The van der Waals surface area contributed by atoms with E-state index in [0.717, 1.165) is 19.8 Å². The van der Waals surface area contributed by atoms with Gasteiger partial charge in [0, 0.05) is 18.8 Å². The van der Waals surface area contributed by atoms with E-state index >= 15 is 0 Å². The van der Waals surface area contributed by atoms with Crippen LogP contribution in [0.25, 0.3) is 0 Å². The Labute approximate surface area is 95.8 Å². The second-order valence-corrected chi connectivity index (χ2v) is 5.20. The maximum atomic E-state index is 5.54. The van der Waals surface area contributed by atoms with Gasteiger partial charge in [-0.15, -0.1) is 0 Å². The van der Waals surface area contributed by atoms with Crippen LogP contribution in [0.2, 0.25) is 0 Å². The Balaban J connectivity index is 2.99. The molecule has 0 bridgehead atoms. The van der Waals surface area contributed by atoms with E-state index < -0.39 is 0 Å². The number of rotatable bonds is 9. The van der Waals surface area contributed by atoms with Crippen LogP contribution in [-0.4, -0.2) is 25.3 Å². The normalized spacial score (nSPS) is 12.0. The fourth-order valence-electron chi connectivity index (χ4n) is 1.35. The Hall–Kier alpha value is -0.0800. The van der Waals surface area contributed by atoms with Gasteiger partial charge in [-0.3, -0.25) is 0 Å². The van der Waals surface area contributed by atoms with Crippen LogP contribution < -0.4 is 5.32 Å². The van der Waals surface area contributed by atoms with Crippen molar-refractivity contribution in [1.82, 2.24) is 5.32 Å². The Morgan fingerprint density at radius 2 is 1.53 bits per heavy atom. The highest BCUT2D eigenvalue weighted by Gasteiger charge is 2.06. The van der Waals surface area contributed by atoms with E-state index in [1.54, 1.807) is 0 Å². The molecule has 0 aliphatic carbocycles. The molecule has 92 valence electrons. The summed E-state index contributed by atoms with van der Waals surface area (Å²) in [7, 11) is 0. The molecule has 0 rings (SSSR count). The minimum absolute atomic E-state index is 0.252. The summed E-state index contributed by atoms with van der Waals surface area (Å²) in [6.07, 6.45) is 6.18. The lowest BCUT2D eigenvalue weighted by atomic mass is 10.1. The molecule has 0 atom stereocenters. The minimum atomic E-state index is 0.252. The quantitative estimate of drug-likeness (QED) is 0.595. The van der Waals surface area contributed by atoms with Crippen molar-refractivity contribution in [3.8, 4) is 0 Å². The maximum Gasteiger partial charge on any atom is 0.0466 e. The largest absolute Gasteiger partial charge is 0.381 e. The van der Waals surface area contributed by atoms with Crippen molar-refractivity contribution in [3.63, 3.8) is 0 Å². The van der Waals surface area contributed by atoms with Crippen molar-refractivity contribution >= 4 is 0 Å². The Kier molecular flexibility index (Phi) is 9.12. The average Bonchev–Trinajstić information content (AvgIpc) is 2.14. The number of hydrogen-bond donors (Lipinski definition) is 1. The first-order valence-corrected chi connectivity index (χ1v) is 6.39. The van der Waals surface area contributed by atoms with Gasteiger partial charge < -0.3 is 10.1 Å². The van der Waals surface area contributed by atoms with Crippen molar-refractivity contribution < 1.29 is 4.74 Å². The zero-order chi connectivity index (χ0) is 11.6. The SMILES string of the molecule is CCCCCOCCCCNC(C)(C)C. The molecule has 0 unspecified atom stereocenters. The van der Waals surface area contributed by atoms with Gasteiger partial charge in [0.2, 0.25) is 0 Å². The van der Waals surface area contributed by atoms with E-state index in [0.29, 0.717) is 0 Å². The van der Waals surface area contributed by atoms with E-state index in [2.05, 4.69) is 33.0 Å². The van der Waals surface area contributed by atoms with Crippen LogP contribution in [-0.2, 0) is 4.74 Å². The minimum Gasteiger partial charge on any atom is -0.381 e. The van der Waals surface area contributed by atoms with Crippen molar-refractivity contribution in [2.24, 2.45) is 0 Å². The molecule has 0 aliphatic heterocycles. The fourth-order valence-corrected chi connectivity index (χ4v) is 1.35. The average molecular weight is 215 g/mol. The Morgan fingerprint density at radius 1 is 0.933 bits per heavy atom. The molecule has 0 saturated heterocycles. The van der Waals surface area contributed by atoms with E-state index in [4.69, 9.17) is 4.74 Å². The first-order valence-electron chi connectivity index (χ1n) is 6.39. The van der Waals surface area contributed by atoms with Crippen molar-refractivity contribution in [1.29, 1.82) is 0 Å². The highest BCUT2D eigenvalue weighted by Crippen LogP contribution is 2.00. The van der Waals surface area contributed by atoms with Crippen LogP contribution in [0.5, 0.6) is 0 Å². The lowest BCUT2D eigenvalue weighted by molar-refractivity contribution is 0.126. The van der Waals surface area contributed by atoms with Crippen molar-refractivity contribution in [2.75, 3.05) is 19.8 Å². The molecular formula is C13H29NO. The molecule has 15 heavy (non-hydrogen) atoms. The van der Waals surface area contributed by atoms with E-state index in [9.17, 15) is 0 Å². The van der Waals surface area contributed by atoms with Crippen molar-refractivity contribution in [2.45, 2.75) is 65.3 Å². The lowest BCUT2D eigenvalue weighted by Crippen LogP contribution is -2.36. The number of nitrogens with one attached hydrogen (secondary N) is 1. The first kappa shape index (κ1) is 14.9. The fraction of sp³-hybridized carbons (Fsp3) is 1.00.